The first kappa shape index (κ1) is 12.5. The molecule has 4 nitrogen and oxygen atoms in total. The van der Waals surface area contributed by atoms with E-state index in [2.05, 4.69) is 0 Å². The normalized spacial score (nSPS) is 26.8. The molecular formula is C14H13ClO4. The van der Waals surface area contributed by atoms with Gasteiger partial charge in [-0.15, -0.1) is 0 Å². The molecule has 2 fully saturated rings. The zero-order chi connectivity index (χ0) is 13.8. The van der Waals surface area contributed by atoms with Crippen molar-refractivity contribution >= 4 is 23.5 Å². The van der Waals surface area contributed by atoms with Gasteiger partial charge in [0.15, 0.2) is 5.41 Å². The Hall–Kier alpha value is -1.55. The van der Waals surface area contributed by atoms with Crippen LogP contribution in [0.4, 0.5) is 0 Å². The molecule has 0 radical (unpaired) electrons. The van der Waals surface area contributed by atoms with E-state index in [1.54, 1.807) is 26.0 Å². The lowest BCUT2D eigenvalue weighted by Gasteiger charge is -2.33. The predicted octanol–water partition coefficient (Wildman–Crippen LogP) is 2.65. The molecule has 100 valence electrons. The van der Waals surface area contributed by atoms with E-state index < -0.39 is 23.1 Å². The third-order valence-corrected chi connectivity index (χ3v) is 3.89. The molecule has 1 spiro atoms. The second-order valence-corrected chi connectivity index (χ2v) is 5.89. The number of hydrogen-bond donors (Lipinski definition) is 0. The molecule has 1 atom stereocenters. The van der Waals surface area contributed by atoms with E-state index in [9.17, 15) is 9.59 Å². The minimum Gasteiger partial charge on any atom is -0.422 e. The highest BCUT2D eigenvalue weighted by molar-refractivity contribution is 6.30. The summed E-state index contributed by atoms with van der Waals surface area (Å²) >= 11 is 5.83. The SMILES string of the molecule is CC1(C)OC(=O)C2(CC2c2ccc(Cl)cc2)C(=O)O1. The Morgan fingerprint density at radius 1 is 1.11 bits per heavy atom. The van der Waals surface area contributed by atoms with E-state index >= 15 is 0 Å². The van der Waals surface area contributed by atoms with Gasteiger partial charge in [-0.05, 0) is 24.1 Å². The number of benzene rings is 1. The van der Waals surface area contributed by atoms with Crippen molar-refractivity contribution < 1.29 is 19.1 Å². The number of esters is 2. The van der Waals surface area contributed by atoms with Crippen LogP contribution in [0.25, 0.3) is 0 Å². The lowest BCUT2D eigenvalue weighted by molar-refractivity contribution is -0.243. The molecule has 1 aliphatic carbocycles. The molecule has 19 heavy (non-hydrogen) atoms. The van der Waals surface area contributed by atoms with Crippen LogP contribution in [0.2, 0.25) is 5.02 Å². The summed E-state index contributed by atoms with van der Waals surface area (Å²) < 4.78 is 10.4. The Morgan fingerprint density at radius 2 is 1.63 bits per heavy atom. The van der Waals surface area contributed by atoms with Gasteiger partial charge in [0.25, 0.3) is 5.79 Å². The molecule has 1 saturated carbocycles. The van der Waals surface area contributed by atoms with Gasteiger partial charge in [0.2, 0.25) is 0 Å². The number of halogens is 1. The molecule has 0 amide bonds. The van der Waals surface area contributed by atoms with Crippen LogP contribution in [-0.2, 0) is 19.1 Å². The number of carbonyl (C=O) groups is 2. The van der Waals surface area contributed by atoms with E-state index in [0.717, 1.165) is 5.56 Å². The van der Waals surface area contributed by atoms with Crippen molar-refractivity contribution in [3.63, 3.8) is 0 Å². The zero-order valence-corrected chi connectivity index (χ0v) is 11.4. The summed E-state index contributed by atoms with van der Waals surface area (Å²) in [5.41, 5.74) is -0.249. The van der Waals surface area contributed by atoms with Crippen LogP contribution in [0.1, 0.15) is 31.7 Å². The summed E-state index contributed by atoms with van der Waals surface area (Å²) in [7, 11) is 0. The Kier molecular flexibility index (Phi) is 2.45. The molecule has 1 aromatic carbocycles. The fourth-order valence-electron chi connectivity index (χ4n) is 2.54. The molecule has 0 aromatic heterocycles. The summed E-state index contributed by atoms with van der Waals surface area (Å²) in [5.74, 6) is -2.34. The summed E-state index contributed by atoms with van der Waals surface area (Å²) in [4.78, 5) is 24.2. The van der Waals surface area contributed by atoms with Crippen LogP contribution < -0.4 is 0 Å². The highest BCUT2D eigenvalue weighted by atomic mass is 35.5. The molecule has 5 heteroatoms. The topological polar surface area (TPSA) is 52.6 Å². The molecule has 0 N–H and O–H groups in total. The van der Waals surface area contributed by atoms with E-state index in [4.69, 9.17) is 21.1 Å². The van der Waals surface area contributed by atoms with E-state index in [0.29, 0.717) is 11.4 Å². The molecule has 2 aliphatic rings. The quantitative estimate of drug-likeness (QED) is 0.586. The van der Waals surface area contributed by atoms with Crippen molar-refractivity contribution in [2.45, 2.75) is 32.0 Å². The van der Waals surface area contributed by atoms with Crippen LogP contribution in [0.5, 0.6) is 0 Å². The minimum absolute atomic E-state index is 0.180. The van der Waals surface area contributed by atoms with Crippen LogP contribution in [0, 0.1) is 5.41 Å². The van der Waals surface area contributed by atoms with Crippen molar-refractivity contribution in [2.75, 3.05) is 0 Å². The number of carbonyl (C=O) groups excluding carboxylic acids is 2. The molecule has 1 heterocycles. The first-order chi connectivity index (χ1) is 8.85. The highest BCUT2D eigenvalue weighted by Gasteiger charge is 2.72. The van der Waals surface area contributed by atoms with Gasteiger partial charge < -0.3 is 9.47 Å². The monoisotopic (exact) mass is 280 g/mol. The van der Waals surface area contributed by atoms with Gasteiger partial charge in [-0.25, -0.2) is 0 Å². The molecule has 3 rings (SSSR count). The van der Waals surface area contributed by atoms with E-state index in [1.165, 1.54) is 0 Å². The van der Waals surface area contributed by atoms with Crippen molar-refractivity contribution in [3.05, 3.63) is 34.9 Å². The Bertz CT molecular complexity index is 541. The van der Waals surface area contributed by atoms with Crippen molar-refractivity contribution in [1.29, 1.82) is 0 Å². The molecule has 1 unspecified atom stereocenters. The zero-order valence-electron chi connectivity index (χ0n) is 10.6. The maximum absolute atomic E-state index is 12.1. The van der Waals surface area contributed by atoms with Gasteiger partial charge in [0.1, 0.15) is 0 Å². The van der Waals surface area contributed by atoms with E-state index in [1.807, 2.05) is 12.1 Å². The highest BCUT2D eigenvalue weighted by Crippen LogP contribution is 2.62. The van der Waals surface area contributed by atoms with Crippen LogP contribution in [0.15, 0.2) is 24.3 Å². The molecule has 1 aromatic rings. The van der Waals surface area contributed by atoms with Gasteiger partial charge in [-0.3, -0.25) is 9.59 Å². The first-order valence-electron chi connectivity index (χ1n) is 6.07. The van der Waals surface area contributed by atoms with Crippen molar-refractivity contribution in [3.8, 4) is 0 Å². The first-order valence-corrected chi connectivity index (χ1v) is 6.45. The van der Waals surface area contributed by atoms with Gasteiger partial charge >= 0.3 is 11.9 Å². The maximum atomic E-state index is 12.1. The van der Waals surface area contributed by atoms with Crippen LogP contribution in [-0.4, -0.2) is 17.7 Å². The number of ether oxygens (including phenoxy) is 2. The number of hydrogen-bond acceptors (Lipinski definition) is 4. The fraction of sp³-hybridized carbons (Fsp3) is 0.429. The summed E-state index contributed by atoms with van der Waals surface area (Å²) in [6.07, 6.45) is 0.433. The van der Waals surface area contributed by atoms with Crippen LogP contribution in [0.3, 0.4) is 0 Å². The second-order valence-electron chi connectivity index (χ2n) is 5.46. The Balaban J connectivity index is 1.89. The standard InChI is InChI=1S/C14H13ClO4/c1-13(2)18-11(16)14(12(17)19-13)7-10(14)8-3-5-9(15)6-4-8/h3-6,10H,7H2,1-2H3. The largest absolute Gasteiger partial charge is 0.422 e. The Labute approximate surface area is 115 Å². The average Bonchev–Trinajstić information content (AvgIpc) is 3.03. The predicted molar refractivity (Wildman–Crippen MR) is 67.5 cm³/mol. The lowest BCUT2D eigenvalue weighted by Crippen LogP contribution is -2.48. The molecule has 1 aliphatic heterocycles. The van der Waals surface area contributed by atoms with Crippen LogP contribution >= 0.6 is 11.6 Å². The summed E-state index contributed by atoms with van der Waals surface area (Å²) in [6, 6.07) is 7.13. The van der Waals surface area contributed by atoms with Gasteiger partial charge in [0, 0.05) is 24.8 Å². The summed E-state index contributed by atoms with van der Waals surface area (Å²) in [6.45, 7) is 3.10. The van der Waals surface area contributed by atoms with E-state index in [-0.39, 0.29) is 5.92 Å². The maximum Gasteiger partial charge on any atom is 0.327 e. The van der Waals surface area contributed by atoms with Crippen molar-refractivity contribution in [1.82, 2.24) is 0 Å². The third kappa shape index (κ3) is 1.82. The summed E-state index contributed by atoms with van der Waals surface area (Å²) in [5, 5.41) is 0.619. The smallest absolute Gasteiger partial charge is 0.327 e. The second kappa shape index (κ2) is 3.73. The third-order valence-electron chi connectivity index (χ3n) is 3.64. The number of rotatable bonds is 1. The lowest BCUT2D eigenvalue weighted by atomic mass is 9.98. The molecular weight excluding hydrogens is 268 g/mol. The van der Waals surface area contributed by atoms with Gasteiger partial charge in [-0.2, -0.15) is 0 Å². The Morgan fingerprint density at radius 3 is 2.16 bits per heavy atom. The average molecular weight is 281 g/mol. The molecule has 0 bridgehead atoms. The van der Waals surface area contributed by atoms with Crippen molar-refractivity contribution in [2.24, 2.45) is 5.41 Å². The molecule has 1 saturated heterocycles. The van der Waals surface area contributed by atoms with Gasteiger partial charge in [0.05, 0.1) is 0 Å². The number of cyclic esters (lactones) is 2. The fourth-order valence-corrected chi connectivity index (χ4v) is 2.67. The van der Waals surface area contributed by atoms with Gasteiger partial charge in [-0.1, -0.05) is 23.7 Å². The minimum atomic E-state index is -1.17.